The first-order valence-corrected chi connectivity index (χ1v) is 14.0. The zero-order chi connectivity index (χ0) is 33.8. The largest absolute Gasteiger partial charge is 0.491 e. The van der Waals surface area contributed by atoms with Crippen LogP contribution in [0.25, 0.3) is 33.5 Å². The number of nitrogens with zero attached hydrogens (tertiary/aromatic N) is 7. The van der Waals surface area contributed by atoms with Crippen LogP contribution in [0.2, 0.25) is 0 Å². The molecule has 0 aliphatic carbocycles. The highest BCUT2D eigenvalue weighted by atomic mass is 32.2. The number of nitro groups is 4. The van der Waals surface area contributed by atoms with Gasteiger partial charge in [-0.15, -0.1) is 10.2 Å². The number of nitro benzene ring substituents is 4. The molecule has 1 N–H and O–H groups in total. The number of aliphatic hydroxyl groups is 1. The van der Waals surface area contributed by atoms with Gasteiger partial charge in [-0.25, -0.2) is 9.78 Å². The number of rotatable bonds is 12. The van der Waals surface area contributed by atoms with Gasteiger partial charge in [0.25, 0.3) is 0 Å². The number of aliphatic hydroxyl groups excluding tert-OH is 1. The van der Waals surface area contributed by atoms with Gasteiger partial charge in [-0.1, -0.05) is 23.9 Å². The predicted molar refractivity (Wildman–Crippen MR) is 162 cm³/mol. The number of benzene rings is 3. The third kappa shape index (κ3) is 6.82. The molecule has 47 heavy (non-hydrogen) atoms. The molecule has 0 amide bonds. The van der Waals surface area contributed by atoms with E-state index >= 15 is 0 Å². The van der Waals surface area contributed by atoms with E-state index in [1.165, 1.54) is 12.1 Å². The van der Waals surface area contributed by atoms with Crippen molar-refractivity contribution in [2.24, 2.45) is 0 Å². The van der Waals surface area contributed by atoms with E-state index in [0.29, 0.717) is 5.39 Å². The molecule has 0 aliphatic heterocycles. The van der Waals surface area contributed by atoms with Crippen molar-refractivity contribution in [3.63, 3.8) is 0 Å². The summed E-state index contributed by atoms with van der Waals surface area (Å²) >= 11 is 0.804. The Kier molecular flexibility index (Phi) is 9.05. The van der Waals surface area contributed by atoms with Gasteiger partial charge in [0.15, 0.2) is 0 Å². The van der Waals surface area contributed by atoms with E-state index in [1.807, 2.05) is 0 Å². The number of ether oxygens (including phenoxy) is 1. The molecule has 0 spiro atoms. The molecule has 1 atom stereocenters. The maximum absolute atomic E-state index is 12.0. The van der Waals surface area contributed by atoms with E-state index < -0.39 is 76.7 Å². The lowest BCUT2D eigenvalue weighted by molar-refractivity contribution is -0.422. The first kappa shape index (κ1) is 32.0. The average Bonchev–Trinajstić information content (AvgIpc) is 3.05. The van der Waals surface area contributed by atoms with E-state index in [4.69, 9.17) is 9.15 Å². The standard InChI is InChI=1S/C27H17N7O12S/c35-15(12-45-16-9-7-14-8-10-22(36)46-21(14)11-16)13-47-27-28-23(17-3-1-5-19(31(37)38)25(17)33(41)42)24(29-30-27)18-4-2-6-20(32(39)40)26(18)34(43)44/h1-11,15,35H,12-13H2. The summed E-state index contributed by atoms with van der Waals surface area (Å²) in [4.78, 5) is 58.9. The second-order valence-electron chi connectivity index (χ2n) is 9.40. The number of para-hydroxylation sites is 2. The highest BCUT2D eigenvalue weighted by Gasteiger charge is 2.35. The van der Waals surface area contributed by atoms with E-state index in [-0.39, 0.29) is 28.8 Å². The van der Waals surface area contributed by atoms with Crippen molar-refractivity contribution in [1.82, 2.24) is 15.2 Å². The molecule has 0 radical (unpaired) electrons. The van der Waals surface area contributed by atoms with Gasteiger partial charge in [-0.05, 0) is 30.3 Å². The van der Waals surface area contributed by atoms with Crippen LogP contribution in [0.4, 0.5) is 22.7 Å². The lowest BCUT2D eigenvalue weighted by Gasteiger charge is -2.13. The summed E-state index contributed by atoms with van der Waals surface area (Å²) in [6.45, 7) is -0.246. The molecule has 0 aliphatic rings. The molecule has 2 heterocycles. The second-order valence-corrected chi connectivity index (χ2v) is 10.4. The lowest BCUT2D eigenvalue weighted by Crippen LogP contribution is -2.20. The fourth-order valence-electron chi connectivity index (χ4n) is 4.41. The number of hydrogen-bond acceptors (Lipinski definition) is 16. The van der Waals surface area contributed by atoms with Crippen molar-refractivity contribution >= 4 is 45.5 Å². The zero-order valence-electron chi connectivity index (χ0n) is 23.3. The molecule has 0 saturated heterocycles. The minimum atomic E-state index is -1.16. The minimum Gasteiger partial charge on any atom is -0.491 e. The minimum absolute atomic E-state index is 0.128. The van der Waals surface area contributed by atoms with Crippen LogP contribution in [0.5, 0.6) is 5.75 Å². The number of fused-ring (bicyclic) bond motifs is 1. The number of thioether (sulfide) groups is 1. The summed E-state index contributed by atoms with van der Waals surface area (Å²) < 4.78 is 10.7. The first-order chi connectivity index (χ1) is 22.4. The van der Waals surface area contributed by atoms with Gasteiger partial charge in [0, 0.05) is 35.4 Å². The quantitative estimate of drug-likeness (QED) is 0.0833. The molecule has 1 unspecified atom stereocenters. The van der Waals surface area contributed by atoms with Crippen molar-refractivity contribution in [2.45, 2.75) is 11.3 Å². The smallest absolute Gasteiger partial charge is 0.355 e. The van der Waals surface area contributed by atoms with Gasteiger partial charge in [0.2, 0.25) is 5.16 Å². The summed E-state index contributed by atoms with van der Waals surface area (Å²) in [5.74, 6) is 0.161. The van der Waals surface area contributed by atoms with Gasteiger partial charge in [0.05, 0.1) is 36.9 Å². The molecule has 2 aromatic heterocycles. The fraction of sp³-hybridized carbons (Fsp3) is 0.111. The molecular formula is C27H17N7O12S. The SMILES string of the molecule is O=c1ccc2ccc(OCC(O)CSc3nnc(-c4cccc([N+](=O)[O-])c4[N+](=O)[O-])c(-c4cccc([N+](=O)[O-])c4[N+](=O)[O-])n3)cc2o1. The predicted octanol–water partition coefficient (Wildman–Crippen LogP) is 4.48. The van der Waals surface area contributed by atoms with Crippen LogP contribution in [-0.4, -0.2) is 58.4 Å². The Morgan fingerprint density at radius 3 is 1.98 bits per heavy atom. The van der Waals surface area contributed by atoms with Crippen LogP contribution in [0, 0.1) is 40.5 Å². The maximum Gasteiger partial charge on any atom is 0.355 e. The van der Waals surface area contributed by atoms with Gasteiger partial charge < -0.3 is 14.3 Å². The Balaban J connectivity index is 1.50. The van der Waals surface area contributed by atoms with Crippen LogP contribution < -0.4 is 10.4 Å². The Labute approximate surface area is 264 Å². The van der Waals surface area contributed by atoms with Gasteiger partial charge in [-0.2, -0.15) is 0 Å². The maximum atomic E-state index is 12.0. The van der Waals surface area contributed by atoms with Gasteiger partial charge in [-0.3, -0.25) is 40.5 Å². The number of hydrogen-bond donors (Lipinski definition) is 1. The summed E-state index contributed by atoms with van der Waals surface area (Å²) in [6, 6.07) is 13.7. The molecule has 5 aromatic rings. The van der Waals surface area contributed by atoms with E-state index in [0.717, 1.165) is 48.2 Å². The third-order valence-corrected chi connectivity index (χ3v) is 7.39. The van der Waals surface area contributed by atoms with Crippen molar-refractivity contribution in [2.75, 3.05) is 12.4 Å². The summed E-state index contributed by atoms with van der Waals surface area (Å²) in [5, 5.41) is 66.0. The van der Waals surface area contributed by atoms with Crippen molar-refractivity contribution in [3.05, 3.63) is 118 Å². The Hall–Kier alpha value is -6.41. The molecule has 0 bridgehead atoms. The van der Waals surface area contributed by atoms with E-state index in [2.05, 4.69) is 15.2 Å². The molecule has 0 saturated carbocycles. The van der Waals surface area contributed by atoms with Crippen LogP contribution in [0.3, 0.4) is 0 Å². The Bertz CT molecular complexity index is 2140. The topological polar surface area (TPSA) is 271 Å². The highest BCUT2D eigenvalue weighted by molar-refractivity contribution is 7.99. The fourth-order valence-corrected chi connectivity index (χ4v) is 5.10. The molecule has 19 nitrogen and oxygen atoms in total. The molecular weight excluding hydrogens is 646 g/mol. The Morgan fingerprint density at radius 1 is 0.787 bits per heavy atom. The molecule has 3 aromatic carbocycles. The van der Waals surface area contributed by atoms with Crippen LogP contribution >= 0.6 is 11.8 Å². The normalized spacial score (nSPS) is 11.6. The summed E-state index contributed by atoms with van der Waals surface area (Å²) in [7, 11) is 0. The number of aromatic nitrogens is 3. The van der Waals surface area contributed by atoms with Crippen molar-refractivity contribution in [3.8, 4) is 28.3 Å². The molecule has 0 fully saturated rings. The first-order valence-electron chi connectivity index (χ1n) is 13.0. The van der Waals surface area contributed by atoms with E-state index in [1.54, 1.807) is 18.2 Å². The van der Waals surface area contributed by atoms with Crippen LogP contribution in [-0.2, 0) is 0 Å². The third-order valence-electron chi connectivity index (χ3n) is 6.41. The summed E-state index contributed by atoms with van der Waals surface area (Å²) in [5.41, 5.74) is -6.05. The monoisotopic (exact) mass is 663 g/mol. The van der Waals surface area contributed by atoms with Crippen LogP contribution in [0.1, 0.15) is 0 Å². The van der Waals surface area contributed by atoms with Crippen molar-refractivity contribution < 1.29 is 34.0 Å². The van der Waals surface area contributed by atoms with Gasteiger partial charge in [0.1, 0.15) is 29.3 Å². The average molecular weight is 664 g/mol. The van der Waals surface area contributed by atoms with Crippen molar-refractivity contribution in [1.29, 1.82) is 0 Å². The lowest BCUT2D eigenvalue weighted by atomic mass is 10.0. The molecule has 20 heteroatoms. The Morgan fingerprint density at radius 2 is 1.38 bits per heavy atom. The zero-order valence-corrected chi connectivity index (χ0v) is 24.1. The second kappa shape index (κ2) is 13.3. The van der Waals surface area contributed by atoms with Gasteiger partial charge >= 0.3 is 28.4 Å². The van der Waals surface area contributed by atoms with Crippen LogP contribution in [0.15, 0.2) is 81.1 Å². The van der Waals surface area contributed by atoms with E-state index in [9.17, 15) is 50.4 Å². The molecule has 5 rings (SSSR count). The highest BCUT2D eigenvalue weighted by Crippen LogP contribution is 2.44. The molecule has 238 valence electrons. The summed E-state index contributed by atoms with van der Waals surface area (Å²) in [6.07, 6.45) is -1.16.